The van der Waals surface area contributed by atoms with Crippen molar-refractivity contribution in [1.82, 2.24) is 9.97 Å². The molecule has 0 bridgehead atoms. The minimum Gasteiger partial charge on any atom is -0.351 e. The highest BCUT2D eigenvalue weighted by Gasteiger charge is 2.02. The smallest absolute Gasteiger partial charge is 0.166 e. The van der Waals surface area contributed by atoms with Crippen LogP contribution in [0.25, 0.3) is 11.0 Å². The minimum absolute atomic E-state index is 0.576. The lowest BCUT2D eigenvalue weighted by Gasteiger charge is -1.97. The van der Waals surface area contributed by atoms with Crippen LogP contribution in [0.3, 0.4) is 0 Å². The molecule has 0 unspecified atom stereocenters. The first-order valence-corrected chi connectivity index (χ1v) is 4.13. The number of nitrogens with one attached hydrogen (secondary N) is 1. The lowest BCUT2D eigenvalue weighted by molar-refractivity contribution is 0.112. The lowest BCUT2D eigenvalue weighted by Crippen LogP contribution is -1.85. The van der Waals surface area contributed by atoms with Crippen LogP contribution in [0.15, 0.2) is 12.1 Å². The first kappa shape index (κ1) is 7.98. The third kappa shape index (κ3) is 1.22. The molecule has 0 atom stereocenters. The Morgan fingerprint density at radius 1 is 1.38 bits per heavy atom. The fraction of sp³-hybridized carbons (Fsp3) is 0.200. The molecule has 0 aromatic carbocycles. The lowest BCUT2D eigenvalue weighted by atomic mass is 10.2. The van der Waals surface area contributed by atoms with Crippen LogP contribution < -0.4 is 0 Å². The Morgan fingerprint density at radius 3 is 2.85 bits per heavy atom. The molecule has 2 aromatic rings. The number of rotatable bonds is 1. The van der Waals surface area contributed by atoms with Gasteiger partial charge >= 0.3 is 0 Å². The first-order valence-electron chi connectivity index (χ1n) is 4.13. The first-order chi connectivity index (χ1) is 6.20. The maximum absolute atomic E-state index is 10.5. The van der Waals surface area contributed by atoms with Crippen molar-refractivity contribution in [1.29, 1.82) is 0 Å². The Balaban J connectivity index is 2.77. The van der Waals surface area contributed by atoms with E-state index in [1.54, 1.807) is 6.07 Å². The average Bonchev–Trinajstić information content (AvgIpc) is 2.48. The SMILES string of the molecule is Cc1cc2[nH]c(C=O)cc2nc1C. The molecule has 0 aliphatic rings. The second-order valence-corrected chi connectivity index (χ2v) is 3.17. The van der Waals surface area contributed by atoms with Crippen molar-refractivity contribution in [3.05, 3.63) is 29.1 Å². The normalized spacial score (nSPS) is 10.6. The van der Waals surface area contributed by atoms with E-state index in [1.807, 2.05) is 19.9 Å². The molecular formula is C10H10N2O. The Bertz CT molecular complexity index is 432. The van der Waals surface area contributed by atoms with Gasteiger partial charge < -0.3 is 4.98 Å². The summed E-state index contributed by atoms with van der Waals surface area (Å²) in [4.78, 5) is 17.8. The molecule has 0 fully saturated rings. The van der Waals surface area contributed by atoms with Gasteiger partial charge in [-0.2, -0.15) is 0 Å². The van der Waals surface area contributed by atoms with Gasteiger partial charge in [0.05, 0.1) is 16.7 Å². The predicted octanol–water partition coefficient (Wildman–Crippen LogP) is 1.99. The van der Waals surface area contributed by atoms with Crippen LogP contribution >= 0.6 is 0 Å². The highest BCUT2D eigenvalue weighted by atomic mass is 16.1. The summed E-state index contributed by atoms with van der Waals surface area (Å²) < 4.78 is 0. The maximum atomic E-state index is 10.5. The van der Waals surface area contributed by atoms with Gasteiger partial charge in [-0.25, -0.2) is 0 Å². The Labute approximate surface area is 75.8 Å². The van der Waals surface area contributed by atoms with Crippen LogP contribution in [-0.2, 0) is 0 Å². The topological polar surface area (TPSA) is 45.8 Å². The zero-order valence-corrected chi connectivity index (χ0v) is 7.59. The second-order valence-electron chi connectivity index (χ2n) is 3.17. The number of carbonyl (C=O) groups is 1. The molecule has 0 saturated carbocycles. The molecule has 2 heterocycles. The standard InChI is InChI=1S/C10H10N2O/c1-6-3-9-10(11-7(6)2)4-8(5-13)12-9/h3-5,12H,1-2H3. The number of aldehydes is 1. The number of carbonyl (C=O) groups excluding carboxylic acids is 1. The summed E-state index contributed by atoms with van der Waals surface area (Å²) in [5, 5.41) is 0. The molecular weight excluding hydrogens is 164 g/mol. The summed E-state index contributed by atoms with van der Waals surface area (Å²) in [6.07, 6.45) is 0.798. The third-order valence-electron chi connectivity index (χ3n) is 2.19. The quantitative estimate of drug-likeness (QED) is 0.672. The average molecular weight is 174 g/mol. The molecule has 3 heteroatoms. The number of H-pyrrole nitrogens is 1. The van der Waals surface area contributed by atoms with Gasteiger partial charge in [-0.05, 0) is 31.5 Å². The molecule has 1 N–H and O–H groups in total. The molecule has 0 saturated heterocycles. The zero-order valence-electron chi connectivity index (χ0n) is 7.59. The molecule has 66 valence electrons. The Kier molecular flexibility index (Phi) is 1.65. The van der Waals surface area contributed by atoms with E-state index in [-0.39, 0.29) is 0 Å². The van der Waals surface area contributed by atoms with Gasteiger partial charge in [-0.15, -0.1) is 0 Å². The van der Waals surface area contributed by atoms with Crippen LogP contribution in [0, 0.1) is 13.8 Å². The highest BCUT2D eigenvalue weighted by molar-refractivity contribution is 5.85. The van der Waals surface area contributed by atoms with E-state index in [0.29, 0.717) is 5.69 Å². The van der Waals surface area contributed by atoms with Gasteiger partial charge in [0.2, 0.25) is 0 Å². The summed E-state index contributed by atoms with van der Waals surface area (Å²) in [6, 6.07) is 3.76. The van der Waals surface area contributed by atoms with Gasteiger partial charge in [0.25, 0.3) is 0 Å². The number of nitrogens with zero attached hydrogens (tertiary/aromatic N) is 1. The zero-order chi connectivity index (χ0) is 9.42. The van der Waals surface area contributed by atoms with Crippen LogP contribution in [0.4, 0.5) is 0 Å². The van der Waals surface area contributed by atoms with Gasteiger partial charge in [-0.3, -0.25) is 9.78 Å². The van der Waals surface area contributed by atoms with E-state index in [0.717, 1.165) is 28.6 Å². The van der Waals surface area contributed by atoms with E-state index in [1.165, 1.54) is 0 Å². The highest BCUT2D eigenvalue weighted by Crippen LogP contribution is 2.15. The largest absolute Gasteiger partial charge is 0.351 e. The predicted molar refractivity (Wildman–Crippen MR) is 51.0 cm³/mol. The fourth-order valence-electron chi connectivity index (χ4n) is 1.34. The number of aryl methyl sites for hydroxylation is 2. The molecule has 0 aliphatic carbocycles. The van der Waals surface area contributed by atoms with Crippen LogP contribution in [-0.4, -0.2) is 16.3 Å². The van der Waals surface area contributed by atoms with Crippen molar-refractivity contribution in [2.75, 3.05) is 0 Å². The molecule has 0 radical (unpaired) electrons. The molecule has 0 spiro atoms. The Hall–Kier alpha value is -1.64. The van der Waals surface area contributed by atoms with E-state index in [4.69, 9.17) is 0 Å². The number of fused-ring (bicyclic) bond motifs is 1. The fourth-order valence-corrected chi connectivity index (χ4v) is 1.34. The molecule has 3 nitrogen and oxygen atoms in total. The molecule has 13 heavy (non-hydrogen) atoms. The van der Waals surface area contributed by atoms with Gasteiger partial charge in [0.1, 0.15) is 0 Å². The van der Waals surface area contributed by atoms with Crippen LogP contribution in [0.5, 0.6) is 0 Å². The maximum Gasteiger partial charge on any atom is 0.166 e. The van der Waals surface area contributed by atoms with E-state index < -0.39 is 0 Å². The number of pyridine rings is 1. The summed E-state index contributed by atoms with van der Waals surface area (Å²) >= 11 is 0. The Morgan fingerprint density at radius 2 is 2.15 bits per heavy atom. The summed E-state index contributed by atoms with van der Waals surface area (Å²) in [7, 11) is 0. The number of hydrogen-bond donors (Lipinski definition) is 1. The van der Waals surface area contributed by atoms with Crippen molar-refractivity contribution >= 4 is 17.3 Å². The van der Waals surface area contributed by atoms with Gasteiger partial charge in [-0.1, -0.05) is 0 Å². The summed E-state index contributed by atoms with van der Waals surface area (Å²) in [5.41, 5.74) is 4.48. The van der Waals surface area contributed by atoms with Crippen molar-refractivity contribution in [3.63, 3.8) is 0 Å². The van der Waals surface area contributed by atoms with Crippen molar-refractivity contribution in [2.45, 2.75) is 13.8 Å². The van der Waals surface area contributed by atoms with E-state index in [9.17, 15) is 4.79 Å². The minimum atomic E-state index is 0.576. The second kappa shape index (κ2) is 2.69. The van der Waals surface area contributed by atoms with Crippen molar-refractivity contribution in [2.24, 2.45) is 0 Å². The number of aromatic amines is 1. The van der Waals surface area contributed by atoms with E-state index >= 15 is 0 Å². The van der Waals surface area contributed by atoms with Gasteiger partial charge in [0, 0.05) is 5.69 Å². The molecule has 2 rings (SSSR count). The summed E-state index contributed by atoms with van der Waals surface area (Å²) in [5.74, 6) is 0. The van der Waals surface area contributed by atoms with E-state index in [2.05, 4.69) is 9.97 Å². The van der Waals surface area contributed by atoms with Crippen molar-refractivity contribution < 1.29 is 4.79 Å². The number of aromatic nitrogens is 2. The molecule has 0 amide bonds. The van der Waals surface area contributed by atoms with Crippen LogP contribution in [0.2, 0.25) is 0 Å². The summed E-state index contributed by atoms with van der Waals surface area (Å²) in [6.45, 7) is 3.96. The molecule has 2 aromatic heterocycles. The van der Waals surface area contributed by atoms with Crippen LogP contribution in [0.1, 0.15) is 21.7 Å². The third-order valence-corrected chi connectivity index (χ3v) is 2.19. The number of hydrogen-bond acceptors (Lipinski definition) is 2. The van der Waals surface area contributed by atoms with Crippen molar-refractivity contribution in [3.8, 4) is 0 Å². The molecule has 0 aliphatic heterocycles. The van der Waals surface area contributed by atoms with Gasteiger partial charge in [0.15, 0.2) is 6.29 Å². The monoisotopic (exact) mass is 174 g/mol.